The number of alkyl halides is 4. The van der Waals surface area contributed by atoms with Crippen molar-refractivity contribution < 1.29 is 51.0 Å². The van der Waals surface area contributed by atoms with Crippen LogP contribution < -0.4 is 5.32 Å². The molecular formula is C39H45F4N4O7PS. The van der Waals surface area contributed by atoms with Gasteiger partial charge >= 0.3 is 14.0 Å². The molecule has 6 atom stereocenters. The molecule has 0 radical (unpaired) electrons. The summed E-state index contributed by atoms with van der Waals surface area (Å²) in [5.74, 6) is -3.33. The maximum Gasteiger partial charge on any atom is 0.522 e. The molecule has 8 rings (SSSR count). The highest BCUT2D eigenvalue weighted by Gasteiger charge is 2.59. The fourth-order valence-corrected chi connectivity index (χ4v) is 11.1. The molecule has 3 aromatic rings. The lowest BCUT2D eigenvalue weighted by molar-refractivity contribution is -0.354. The van der Waals surface area contributed by atoms with Gasteiger partial charge in [-0.15, -0.1) is 24.5 Å². The molecule has 1 aromatic heterocycles. The van der Waals surface area contributed by atoms with Gasteiger partial charge in [-0.2, -0.15) is 0 Å². The molecule has 3 N–H and O–H groups in total. The number of amides is 3. The second-order valence-corrected chi connectivity index (χ2v) is 19.0. The molecule has 4 heterocycles. The number of nitrogens with one attached hydrogen (secondary N) is 1. The van der Waals surface area contributed by atoms with Crippen molar-refractivity contribution in [3.05, 3.63) is 70.6 Å². The summed E-state index contributed by atoms with van der Waals surface area (Å²) >= 11 is 1.09. The molecule has 1 spiro atoms. The molecule has 56 heavy (non-hydrogen) atoms. The lowest BCUT2D eigenvalue weighted by atomic mass is 9.85. The zero-order valence-corrected chi connectivity index (χ0v) is 32.4. The molecule has 17 heteroatoms. The predicted octanol–water partition coefficient (Wildman–Crippen LogP) is 6.61. The van der Waals surface area contributed by atoms with Gasteiger partial charge in [-0.05, 0) is 106 Å². The van der Waals surface area contributed by atoms with Gasteiger partial charge in [-0.1, -0.05) is 36.4 Å². The van der Waals surface area contributed by atoms with E-state index in [4.69, 9.17) is 0 Å². The number of carbonyl (C=O) groups is 3. The zero-order chi connectivity index (χ0) is 39.7. The summed E-state index contributed by atoms with van der Waals surface area (Å²) in [5, 5.41) is 3.33. The van der Waals surface area contributed by atoms with E-state index in [1.165, 1.54) is 29.8 Å². The number of thiophene rings is 1. The molecule has 3 saturated heterocycles. The van der Waals surface area contributed by atoms with E-state index in [0.29, 0.717) is 42.3 Å². The first-order valence-electron chi connectivity index (χ1n) is 19.2. The minimum atomic E-state index is -5.05. The van der Waals surface area contributed by atoms with Gasteiger partial charge in [0.1, 0.15) is 12.1 Å². The van der Waals surface area contributed by atoms with Crippen LogP contribution in [0.4, 0.5) is 17.6 Å². The van der Waals surface area contributed by atoms with Crippen LogP contribution in [0.25, 0.3) is 10.1 Å². The number of carbonyl (C=O) groups excluding carboxylic acids is 3. The third-order valence-corrected chi connectivity index (χ3v) is 14.8. The highest BCUT2D eigenvalue weighted by atomic mass is 32.1. The number of halogens is 4. The Morgan fingerprint density at radius 1 is 1.02 bits per heavy atom. The van der Waals surface area contributed by atoms with E-state index >= 15 is 0 Å². The Morgan fingerprint density at radius 3 is 2.43 bits per heavy atom. The molecular weight excluding hydrogens is 775 g/mol. The topological polar surface area (TPSA) is 140 Å². The van der Waals surface area contributed by atoms with Crippen LogP contribution in [0.1, 0.15) is 96.8 Å². The summed E-state index contributed by atoms with van der Waals surface area (Å²) in [4.78, 5) is 67.8. The number of benzene rings is 2. The minimum Gasteiger partial charge on any atom is -0.340 e. The maximum atomic E-state index is 14.7. The van der Waals surface area contributed by atoms with E-state index in [-0.39, 0.29) is 71.1 Å². The van der Waals surface area contributed by atoms with Gasteiger partial charge in [0.25, 0.3) is 5.91 Å². The van der Waals surface area contributed by atoms with Gasteiger partial charge in [0.2, 0.25) is 17.7 Å². The SMILES string of the molecule is CN(C1CC(OC(F)(F)F)C1)[C@H]1CC[C@H](NC(=O)c2cc3cc([C@H](F)P(=O)(O)O)ccc3s2)C(=O)N2[C@H](CC[C@H]2C(=O)N2C[C@H](c3ccccc3)CC23CC3)C1. The van der Waals surface area contributed by atoms with Crippen molar-refractivity contribution in [2.45, 2.75) is 124 Å². The molecule has 5 fully saturated rings. The van der Waals surface area contributed by atoms with Gasteiger partial charge in [0.05, 0.1) is 11.0 Å². The van der Waals surface area contributed by atoms with Gasteiger partial charge in [0.15, 0.2) is 0 Å². The molecule has 3 aliphatic heterocycles. The van der Waals surface area contributed by atoms with Crippen LogP contribution in [0.5, 0.6) is 0 Å². The first-order chi connectivity index (χ1) is 26.5. The molecule has 3 amide bonds. The van der Waals surface area contributed by atoms with Crippen LogP contribution in [0.15, 0.2) is 54.6 Å². The standard InChI is InChI=1S/C39H45F4N4O7PS/c1-45(28-18-29(19-28)54-39(41,42)43)26-8-10-30(44-35(48)33-16-24-15-23(7-12-32(24)56-33)34(40)55(51,52)53)36(49)47-27(17-26)9-11-31(47)37(50)46-21-25(20-38(46)13-14-38)22-5-3-2-4-6-22/h2-7,12,15-16,25-31,34H,8-11,13-14,17-21H2,1H3,(H,44,48)(H2,51,52,53)/t25-,26+,27-,28?,29?,30+,31+,34-/m1/s1. The highest BCUT2D eigenvalue weighted by Crippen LogP contribution is 2.55. The largest absolute Gasteiger partial charge is 0.522 e. The second-order valence-electron chi connectivity index (χ2n) is 16.3. The van der Waals surface area contributed by atoms with Crippen LogP contribution in [-0.4, -0.2) is 104 Å². The van der Waals surface area contributed by atoms with Gasteiger partial charge < -0.3 is 29.8 Å². The van der Waals surface area contributed by atoms with E-state index in [2.05, 4.69) is 27.1 Å². The summed E-state index contributed by atoms with van der Waals surface area (Å²) in [5.41, 5.74) is 0.725. The molecule has 11 nitrogen and oxygen atoms in total. The van der Waals surface area contributed by atoms with Crippen LogP contribution >= 0.6 is 18.9 Å². The highest BCUT2D eigenvalue weighted by molar-refractivity contribution is 7.51. The Bertz CT molecular complexity index is 2040. The van der Waals surface area contributed by atoms with Crippen LogP contribution in [0.2, 0.25) is 0 Å². The van der Waals surface area contributed by atoms with Crippen molar-refractivity contribution in [2.75, 3.05) is 13.6 Å². The Labute approximate surface area is 325 Å². The number of likely N-dealkylation sites (tertiary alicyclic amines) is 1. The zero-order valence-electron chi connectivity index (χ0n) is 30.7. The van der Waals surface area contributed by atoms with Crippen molar-refractivity contribution >= 4 is 46.7 Å². The lowest BCUT2D eigenvalue weighted by Crippen LogP contribution is -2.60. The third kappa shape index (κ3) is 7.77. The summed E-state index contributed by atoms with van der Waals surface area (Å²) in [6.07, 6.45) is -0.268. The van der Waals surface area contributed by atoms with Crippen molar-refractivity contribution in [3.63, 3.8) is 0 Å². The number of rotatable bonds is 9. The normalized spacial score (nSPS) is 29.6. The van der Waals surface area contributed by atoms with Gasteiger partial charge in [-0.3, -0.25) is 23.7 Å². The number of fused-ring (bicyclic) bond motifs is 2. The smallest absolute Gasteiger partial charge is 0.340 e. The molecule has 0 unspecified atom stereocenters. The van der Waals surface area contributed by atoms with Crippen molar-refractivity contribution in [3.8, 4) is 0 Å². The number of ether oxygens (including phenoxy) is 1. The molecule has 2 saturated carbocycles. The fraction of sp³-hybridized carbons (Fsp3) is 0.564. The lowest BCUT2D eigenvalue weighted by Gasteiger charge is -2.47. The van der Waals surface area contributed by atoms with Crippen LogP contribution in [0, 0.1) is 0 Å². The summed E-state index contributed by atoms with van der Waals surface area (Å²) in [7, 11) is -3.17. The van der Waals surface area contributed by atoms with Crippen molar-refractivity contribution in [1.29, 1.82) is 0 Å². The summed E-state index contributed by atoms with van der Waals surface area (Å²) < 4.78 is 69.6. The van der Waals surface area contributed by atoms with E-state index in [9.17, 15) is 46.3 Å². The number of hydrogen-bond donors (Lipinski definition) is 3. The van der Waals surface area contributed by atoms with E-state index in [0.717, 1.165) is 30.6 Å². The van der Waals surface area contributed by atoms with Crippen LogP contribution in [-0.2, 0) is 18.9 Å². The molecule has 0 bridgehead atoms. The maximum absolute atomic E-state index is 14.7. The Balaban J connectivity index is 1.04. The van der Waals surface area contributed by atoms with E-state index < -0.39 is 44.0 Å². The second kappa shape index (κ2) is 14.8. The first-order valence-corrected chi connectivity index (χ1v) is 21.7. The Hall–Kier alpha value is -3.40. The summed E-state index contributed by atoms with van der Waals surface area (Å²) in [6.45, 7) is 0.561. The fourth-order valence-electron chi connectivity index (χ4n) is 9.61. The number of nitrogens with zero attached hydrogens (tertiary/aromatic N) is 3. The summed E-state index contributed by atoms with van der Waals surface area (Å²) in [6, 6.07) is 13.3. The molecule has 302 valence electrons. The Kier molecular flexibility index (Phi) is 10.4. The van der Waals surface area contributed by atoms with Gasteiger partial charge in [-0.25, -0.2) is 4.39 Å². The molecule has 2 aromatic carbocycles. The molecule has 2 aliphatic carbocycles. The molecule has 5 aliphatic rings. The number of hydrogen-bond acceptors (Lipinski definition) is 7. The first kappa shape index (κ1) is 39.4. The van der Waals surface area contributed by atoms with Crippen molar-refractivity contribution in [1.82, 2.24) is 20.0 Å². The van der Waals surface area contributed by atoms with E-state index in [1.807, 2.05) is 30.1 Å². The average molecular weight is 821 g/mol. The Morgan fingerprint density at radius 2 is 1.75 bits per heavy atom. The quantitative estimate of drug-likeness (QED) is 0.162. The monoisotopic (exact) mass is 820 g/mol. The predicted molar refractivity (Wildman–Crippen MR) is 199 cm³/mol. The third-order valence-electron chi connectivity index (χ3n) is 12.8. The van der Waals surface area contributed by atoms with Crippen molar-refractivity contribution in [2.24, 2.45) is 0 Å². The minimum absolute atomic E-state index is 0.0831. The van der Waals surface area contributed by atoms with Gasteiger partial charge in [0, 0.05) is 40.8 Å². The average Bonchev–Trinajstić information content (AvgIpc) is 3.43. The van der Waals surface area contributed by atoms with E-state index in [1.54, 1.807) is 4.90 Å². The van der Waals surface area contributed by atoms with Crippen LogP contribution in [0.3, 0.4) is 0 Å².